The average Bonchev–Trinajstić information content (AvgIpc) is 3.47. The zero-order chi connectivity index (χ0) is 24.6. The van der Waals surface area contributed by atoms with E-state index in [2.05, 4.69) is 10.0 Å². The number of anilines is 1. The summed E-state index contributed by atoms with van der Waals surface area (Å²) >= 11 is 0. The molecule has 9 heteroatoms. The summed E-state index contributed by atoms with van der Waals surface area (Å²) in [6, 6.07) is 8.77. The van der Waals surface area contributed by atoms with Crippen molar-refractivity contribution in [2.24, 2.45) is 17.8 Å². The van der Waals surface area contributed by atoms with Crippen LogP contribution in [-0.4, -0.2) is 32.8 Å². The average molecular weight is 500 g/mol. The molecule has 2 saturated carbocycles. The van der Waals surface area contributed by atoms with E-state index in [1.54, 1.807) is 30.5 Å². The van der Waals surface area contributed by atoms with Crippen LogP contribution in [0.5, 0.6) is 0 Å². The highest BCUT2D eigenvalue weighted by molar-refractivity contribution is 7.89. The van der Waals surface area contributed by atoms with E-state index in [0.717, 1.165) is 55.5 Å². The van der Waals surface area contributed by atoms with E-state index in [-0.39, 0.29) is 40.5 Å². The highest BCUT2D eigenvalue weighted by Gasteiger charge is 2.39. The van der Waals surface area contributed by atoms with Crippen LogP contribution in [0.3, 0.4) is 0 Å². The smallest absolute Gasteiger partial charge is 0.240 e. The van der Waals surface area contributed by atoms with Gasteiger partial charge in [-0.05, 0) is 93.7 Å². The van der Waals surface area contributed by atoms with Gasteiger partial charge in [-0.25, -0.2) is 13.1 Å². The molecule has 3 aliphatic rings. The molecule has 1 aromatic heterocycles. The molecule has 1 aromatic carbocycles. The molecular formula is C26H33N3O5S. The third kappa shape index (κ3) is 5.30. The summed E-state index contributed by atoms with van der Waals surface area (Å²) in [5.41, 5.74) is 1.76. The lowest BCUT2D eigenvalue weighted by Crippen LogP contribution is -2.36. The first-order valence-corrected chi connectivity index (χ1v) is 14.1. The Morgan fingerprint density at radius 2 is 1.80 bits per heavy atom. The van der Waals surface area contributed by atoms with E-state index in [4.69, 9.17) is 4.42 Å². The maximum atomic E-state index is 13.0. The largest absolute Gasteiger partial charge is 0.467 e. The molecule has 2 amide bonds. The van der Waals surface area contributed by atoms with E-state index >= 15 is 0 Å². The number of rotatable bonds is 8. The summed E-state index contributed by atoms with van der Waals surface area (Å²) < 4.78 is 34.0. The summed E-state index contributed by atoms with van der Waals surface area (Å²) in [7, 11) is -3.65. The van der Waals surface area contributed by atoms with Crippen molar-refractivity contribution in [1.29, 1.82) is 0 Å². The van der Waals surface area contributed by atoms with E-state index < -0.39 is 10.0 Å². The zero-order valence-electron chi connectivity index (χ0n) is 20.0. The standard InChI is InChI=1S/C26H33N3O5S/c1-17-13-21-14-23(10-11-24(21)29(17)26(31)20-8-9-20)35(32,33)28-15-18-4-6-19(7-5-18)25(30)27-16-22-3-2-12-34-22/h2-3,10-12,14,17-20,28H,4-9,13,15-16H2,1H3,(H,27,30). The number of fused-ring (bicyclic) bond motifs is 1. The van der Waals surface area contributed by atoms with Gasteiger partial charge in [0.2, 0.25) is 21.8 Å². The van der Waals surface area contributed by atoms with Crippen LogP contribution in [0.4, 0.5) is 5.69 Å². The monoisotopic (exact) mass is 499 g/mol. The summed E-state index contributed by atoms with van der Waals surface area (Å²) in [5.74, 6) is 1.21. The van der Waals surface area contributed by atoms with Gasteiger partial charge in [0.25, 0.3) is 0 Å². The highest BCUT2D eigenvalue weighted by Crippen LogP contribution is 2.39. The van der Waals surface area contributed by atoms with E-state index in [1.807, 2.05) is 17.9 Å². The topological polar surface area (TPSA) is 109 Å². The predicted octanol–water partition coefficient (Wildman–Crippen LogP) is 3.37. The number of hydrogen-bond donors (Lipinski definition) is 2. The van der Waals surface area contributed by atoms with Gasteiger partial charge < -0.3 is 14.6 Å². The molecule has 1 unspecified atom stereocenters. The number of furan rings is 1. The Hall–Kier alpha value is -2.65. The third-order valence-electron chi connectivity index (χ3n) is 7.54. The van der Waals surface area contributed by atoms with Gasteiger partial charge in [0.05, 0.1) is 17.7 Å². The van der Waals surface area contributed by atoms with Gasteiger partial charge in [-0.2, -0.15) is 0 Å². The van der Waals surface area contributed by atoms with Crippen LogP contribution in [0.2, 0.25) is 0 Å². The van der Waals surface area contributed by atoms with Gasteiger partial charge in [-0.1, -0.05) is 0 Å². The lowest BCUT2D eigenvalue weighted by atomic mass is 9.81. The van der Waals surface area contributed by atoms with Gasteiger partial charge in [-0.15, -0.1) is 0 Å². The Morgan fingerprint density at radius 1 is 1.06 bits per heavy atom. The fourth-order valence-electron chi connectivity index (χ4n) is 5.31. The van der Waals surface area contributed by atoms with E-state index in [9.17, 15) is 18.0 Å². The SMILES string of the molecule is CC1Cc2cc(S(=O)(=O)NCC3CCC(C(=O)NCc4ccco4)CC3)ccc2N1C(=O)C1CC1. The second-order valence-corrected chi connectivity index (χ2v) is 12.0. The minimum atomic E-state index is -3.65. The maximum absolute atomic E-state index is 13.0. The van der Waals surface area contributed by atoms with Crippen molar-refractivity contribution in [3.63, 3.8) is 0 Å². The Bertz CT molecular complexity index is 1180. The fraction of sp³-hybridized carbons (Fsp3) is 0.538. The van der Waals surface area contributed by atoms with Gasteiger partial charge >= 0.3 is 0 Å². The number of carbonyl (C=O) groups is 2. The number of nitrogens with zero attached hydrogens (tertiary/aromatic N) is 1. The number of amides is 2. The molecule has 0 radical (unpaired) electrons. The van der Waals surface area contributed by atoms with Crippen molar-refractivity contribution >= 4 is 27.5 Å². The van der Waals surface area contributed by atoms with Crippen molar-refractivity contribution in [2.45, 2.75) is 69.4 Å². The molecule has 0 spiro atoms. The number of hydrogen-bond acceptors (Lipinski definition) is 5. The Morgan fingerprint density at radius 3 is 2.49 bits per heavy atom. The molecule has 0 saturated heterocycles. The molecule has 8 nitrogen and oxygen atoms in total. The number of sulfonamides is 1. The van der Waals surface area contributed by atoms with E-state index in [0.29, 0.717) is 19.5 Å². The molecule has 188 valence electrons. The summed E-state index contributed by atoms with van der Waals surface area (Å²) in [5, 5.41) is 2.92. The van der Waals surface area contributed by atoms with Crippen molar-refractivity contribution in [1.82, 2.24) is 10.0 Å². The van der Waals surface area contributed by atoms with Crippen LogP contribution in [0.1, 0.15) is 56.8 Å². The molecule has 1 aliphatic heterocycles. The first-order valence-electron chi connectivity index (χ1n) is 12.6. The molecular weight excluding hydrogens is 466 g/mol. The molecule has 1 atom stereocenters. The molecule has 2 aromatic rings. The maximum Gasteiger partial charge on any atom is 0.240 e. The van der Waals surface area contributed by atoms with Crippen molar-refractivity contribution < 1.29 is 22.4 Å². The summed E-state index contributed by atoms with van der Waals surface area (Å²) in [6.45, 7) is 2.76. The Kier molecular flexibility index (Phi) is 6.72. The van der Waals surface area contributed by atoms with Crippen molar-refractivity contribution in [3.8, 4) is 0 Å². The first-order chi connectivity index (χ1) is 16.8. The number of nitrogens with one attached hydrogen (secondary N) is 2. The lowest BCUT2D eigenvalue weighted by Gasteiger charge is -2.27. The summed E-state index contributed by atoms with van der Waals surface area (Å²) in [4.78, 5) is 27.2. The zero-order valence-corrected chi connectivity index (χ0v) is 20.9. The van der Waals surface area contributed by atoms with Gasteiger partial charge in [0.1, 0.15) is 5.76 Å². The molecule has 5 rings (SSSR count). The predicted molar refractivity (Wildman–Crippen MR) is 131 cm³/mol. The van der Waals surface area contributed by atoms with Crippen LogP contribution in [-0.2, 0) is 32.6 Å². The van der Waals surface area contributed by atoms with Crippen LogP contribution < -0.4 is 14.9 Å². The van der Waals surface area contributed by atoms with Crippen molar-refractivity contribution in [3.05, 3.63) is 47.9 Å². The Labute approximate surface area is 206 Å². The second kappa shape index (κ2) is 9.78. The van der Waals surface area contributed by atoms with Gasteiger partial charge in [0, 0.05) is 30.1 Å². The quantitative estimate of drug-likeness (QED) is 0.579. The van der Waals surface area contributed by atoms with Gasteiger partial charge in [0.15, 0.2) is 0 Å². The molecule has 2 fully saturated rings. The fourth-order valence-corrected chi connectivity index (χ4v) is 6.48. The highest BCUT2D eigenvalue weighted by atomic mass is 32.2. The second-order valence-electron chi connectivity index (χ2n) is 10.2. The number of benzene rings is 1. The number of carbonyl (C=O) groups excluding carboxylic acids is 2. The molecule has 0 bridgehead atoms. The van der Waals surface area contributed by atoms with Gasteiger partial charge in [-0.3, -0.25) is 9.59 Å². The van der Waals surface area contributed by atoms with Crippen LogP contribution >= 0.6 is 0 Å². The van der Waals surface area contributed by atoms with E-state index in [1.165, 1.54) is 0 Å². The summed E-state index contributed by atoms with van der Waals surface area (Å²) in [6.07, 6.45) is 7.26. The molecule has 2 N–H and O–H groups in total. The van der Waals surface area contributed by atoms with Crippen LogP contribution in [0.25, 0.3) is 0 Å². The van der Waals surface area contributed by atoms with Crippen LogP contribution in [0.15, 0.2) is 45.9 Å². The molecule has 35 heavy (non-hydrogen) atoms. The first kappa shape index (κ1) is 24.1. The van der Waals surface area contributed by atoms with Crippen molar-refractivity contribution in [2.75, 3.05) is 11.4 Å². The Balaban J connectivity index is 1.13. The molecule has 2 heterocycles. The molecule has 2 aliphatic carbocycles. The lowest BCUT2D eigenvalue weighted by molar-refractivity contribution is -0.126. The minimum absolute atomic E-state index is 0.0296. The normalized spacial score (nSPS) is 24.3. The third-order valence-corrected chi connectivity index (χ3v) is 8.96. The minimum Gasteiger partial charge on any atom is -0.467 e. The van der Waals surface area contributed by atoms with Crippen LogP contribution in [0, 0.1) is 17.8 Å².